The molecule has 56 valence electrons. The molecular weight excluding hydrogens is 142 g/mol. The molecule has 0 rings (SSSR count). The van der Waals surface area contributed by atoms with E-state index in [-0.39, 0.29) is 9.20 Å². The van der Waals surface area contributed by atoms with Crippen LogP contribution in [-0.2, 0) is 0 Å². The van der Waals surface area contributed by atoms with Crippen LogP contribution in [0.25, 0.3) is 0 Å². The van der Waals surface area contributed by atoms with Gasteiger partial charge in [0.25, 0.3) is 0 Å². The number of nitrogens with zero attached hydrogens (tertiary/aromatic N) is 1. The summed E-state index contributed by atoms with van der Waals surface area (Å²) < 4.78 is 2.66. The van der Waals surface area contributed by atoms with Gasteiger partial charge >= 0.3 is 0 Å². The van der Waals surface area contributed by atoms with Gasteiger partial charge < -0.3 is 4.57 Å². The summed E-state index contributed by atoms with van der Waals surface area (Å²) in [5.41, 5.74) is 0. The summed E-state index contributed by atoms with van der Waals surface area (Å²) in [6, 6.07) is 1.57. The molecule has 0 heterocycles. The van der Waals surface area contributed by atoms with E-state index in [1.807, 2.05) is 0 Å². The summed E-state index contributed by atoms with van der Waals surface area (Å²) in [6.07, 6.45) is 0. The van der Waals surface area contributed by atoms with Gasteiger partial charge in [-0.15, -0.1) is 0 Å². The van der Waals surface area contributed by atoms with Crippen LogP contribution < -0.4 is 0 Å². The van der Waals surface area contributed by atoms with Gasteiger partial charge in [0.15, 0.2) is 0 Å². The Kier molecular flexibility index (Phi) is 4.43. The van der Waals surface area contributed by atoms with Crippen molar-refractivity contribution >= 4 is 19.0 Å². The fourth-order valence-electron chi connectivity index (χ4n) is 1.33. The van der Waals surface area contributed by atoms with Crippen LogP contribution >= 0.6 is 0 Å². The molecule has 0 aromatic heterocycles. The van der Waals surface area contributed by atoms with Gasteiger partial charge in [0.05, 0.1) is 9.20 Å². The van der Waals surface area contributed by atoms with E-state index < -0.39 is 0 Å². The topological polar surface area (TPSA) is 3.24 Å². The number of hydrogen-bond donors (Lipinski definition) is 0. The first-order chi connectivity index (χ1) is 4.09. The van der Waals surface area contributed by atoms with Crippen molar-refractivity contribution in [2.75, 3.05) is 0 Å². The van der Waals surface area contributed by atoms with Gasteiger partial charge in [0, 0.05) is 9.76 Å². The largest absolute Gasteiger partial charge is 0.328 e. The van der Waals surface area contributed by atoms with Crippen molar-refractivity contribution in [2.24, 2.45) is 0 Å². The zero-order chi connectivity index (χ0) is 7.44. The van der Waals surface area contributed by atoms with Crippen molar-refractivity contribution in [3.05, 3.63) is 0 Å². The highest BCUT2D eigenvalue weighted by Crippen LogP contribution is 2.00. The lowest BCUT2D eigenvalue weighted by Crippen LogP contribution is -2.40. The lowest BCUT2D eigenvalue weighted by Gasteiger charge is -2.29. The molecule has 0 aromatic rings. The van der Waals surface area contributed by atoms with Crippen molar-refractivity contribution in [3.63, 3.8) is 0 Å². The Morgan fingerprint density at radius 3 is 1.44 bits per heavy atom. The molecular formula is C6H19NSi2. The Balaban J connectivity index is 3.68. The summed E-state index contributed by atoms with van der Waals surface area (Å²) >= 11 is 0. The SMILES string of the molecule is CC(C)N([SiH2][SiH3])C(C)C. The molecule has 9 heavy (non-hydrogen) atoms. The van der Waals surface area contributed by atoms with E-state index in [1.165, 1.54) is 9.76 Å². The molecule has 0 spiro atoms. The van der Waals surface area contributed by atoms with Crippen molar-refractivity contribution < 1.29 is 0 Å². The molecule has 0 unspecified atom stereocenters. The zero-order valence-corrected chi connectivity index (χ0v) is 10.7. The van der Waals surface area contributed by atoms with Crippen LogP contribution in [0.15, 0.2) is 0 Å². The van der Waals surface area contributed by atoms with Gasteiger partial charge in [-0.1, -0.05) is 27.7 Å². The van der Waals surface area contributed by atoms with Gasteiger partial charge in [-0.25, -0.2) is 0 Å². The maximum absolute atomic E-state index is 2.66. The Bertz CT molecular complexity index is 65.5. The average molecular weight is 161 g/mol. The fourth-order valence-corrected chi connectivity index (χ4v) is 7.17. The first-order valence-corrected chi connectivity index (χ1v) is 10.1. The molecule has 1 nitrogen and oxygen atoms in total. The number of rotatable bonds is 3. The molecule has 3 heteroatoms. The van der Waals surface area contributed by atoms with Crippen LogP contribution in [0.2, 0.25) is 0 Å². The van der Waals surface area contributed by atoms with Crippen LogP contribution in [0.4, 0.5) is 0 Å². The highest BCUT2D eigenvalue weighted by Gasteiger charge is 2.08. The standard InChI is InChI=1S/C6H19NSi2/c1-5(2)7(9-8)6(3)4/h5-6H,9H2,1-4,8H3. The molecule has 0 aliphatic heterocycles. The second-order valence-electron chi connectivity index (χ2n) is 3.02. The minimum atomic E-state index is 0.205. The van der Waals surface area contributed by atoms with E-state index in [1.54, 1.807) is 0 Å². The van der Waals surface area contributed by atoms with Gasteiger partial charge in [0.1, 0.15) is 0 Å². The van der Waals surface area contributed by atoms with Crippen LogP contribution in [0, 0.1) is 0 Å². The van der Waals surface area contributed by atoms with E-state index >= 15 is 0 Å². The number of hydrogen-bond acceptors (Lipinski definition) is 1. The summed E-state index contributed by atoms with van der Waals surface area (Å²) in [6.45, 7) is 9.19. The smallest absolute Gasteiger partial charge is 0.0762 e. The minimum Gasteiger partial charge on any atom is -0.328 e. The van der Waals surface area contributed by atoms with E-state index in [2.05, 4.69) is 32.3 Å². The first-order valence-electron chi connectivity index (χ1n) is 3.85. The van der Waals surface area contributed by atoms with Crippen LogP contribution in [-0.4, -0.2) is 35.6 Å². The van der Waals surface area contributed by atoms with Crippen molar-refractivity contribution in [1.82, 2.24) is 4.57 Å². The maximum atomic E-state index is 2.66. The first kappa shape index (κ1) is 9.39. The molecule has 0 aromatic carbocycles. The quantitative estimate of drug-likeness (QED) is 0.503. The van der Waals surface area contributed by atoms with Crippen molar-refractivity contribution in [3.8, 4) is 0 Å². The lowest BCUT2D eigenvalue weighted by molar-refractivity contribution is 0.317. The third-order valence-electron chi connectivity index (χ3n) is 1.69. The van der Waals surface area contributed by atoms with Crippen LogP contribution in [0.5, 0.6) is 0 Å². The summed E-state index contributed by atoms with van der Waals surface area (Å²) in [7, 11) is 1.64. The second-order valence-corrected chi connectivity index (χ2v) is 6.28. The van der Waals surface area contributed by atoms with E-state index in [9.17, 15) is 0 Å². The maximum Gasteiger partial charge on any atom is 0.0762 e. The van der Waals surface area contributed by atoms with Crippen molar-refractivity contribution in [1.29, 1.82) is 0 Å². The minimum absolute atomic E-state index is 0.205. The lowest BCUT2D eigenvalue weighted by atomic mass is 10.3. The van der Waals surface area contributed by atoms with Gasteiger partial charge in [-0.05, 0) is 12.1 Å². The molecule has 0 atom stereocenters. The van der Waals surface area contributed by atoms with E-state index in [0.29, 0.717) is 0 Å². The van der Waals surface area contributed by atoms with Crippen molar-refractivity contribution in [2.45, 2.75) is 39.8 Å². The molecule has 0 aliphatic rings. The van der Waals surface area contributed by atoms with E-state index in [0.717, 1.165) is 12.1 Å². The fraction of sp³-hybridized carbons (Fsp3) is 1.00. The molecule has 0 saturated carbocycles. The monoisotopic (exact) mass is 161 g/mol. The predicted octanol–water partition coefficient (Wildman–Crippen LogP) is -0.531. The summed E-state index contributed by atoms with van der Waals surface area (Å²) in [4.78, 5) is 0. The van der Waals surface area contributed by atoms with Gasteiger partial charge in [0.2, 0.25) is 0 Å². The Hall–Kier alpha value is 0.394. The Morgan fingerprint density at radius 1 is 1.11 bits per heavy atom. The third kappa shape index (κ3) is 3.18. The average Bonchev–Trinajstić information content (AvgIpc) is 1.64. The normalized spacial score (nSPS) is 13.7. The summed E-state index contributed by atoms with van der Waals surface area (Å²) in [5.74, 6) is 0. The Labute approximate surface area is 63.9 Å². The molecule has 0 bridgehead atoms. The molecule has 0 amide bonds. The van der Waals surface area contributed by atoms with Crippen LogP contribution in [0.1, 0.15) is 27.7 Å². The van der Waals surface area contributed by atoms with Gasteiger partial charge in [-0.3, -0.25) is 0 Å². The van der Waals surface area contributed by atoms with Gasteiger partial charge in [-0.2, -0.15) is 0 Å². The molecule has 0 saturated heterocycles. The van der Waals surface area contributed by atoms with E-state index in [4.69, 9.17) is 0 Å². The zero-order valence-electron chi connectivity index (χ0n) is 7.31. The predicted molar refractivity (Wildman–Crippen MR) is 50.6 cm³/mol. The third-order valence-corrected chi connectivity index (χ3v) is 6.07. The summed E-state index contributed by atoms with van der Waals surface area (Å²) in [5, 5.41) is 0. The molecule has 0 radical (unpaired) electrons. The highest BCUT2D eigenvalue weighted by molar-refractivity contribution is 6.87. The van der Waals surface area contributed by atoms with Crippen LogP contribution in [0.3, 0.4) is 0 Å². The molecule has 0 N–H and O–H groups in total. The molecule has 0 aliphatic carbocycles. The second kappa shape index (κ2) is 4.25. The Morgan fingerprint density at radius 2 is 1.44 bits per heavy atom. The highest BCUT2D eigenvalue weighted by atomic mass is 29.1. The molecule has 0 fully saturated rings.